The Balaban J connectivity index is 1.39. The van der Waals surface area contributed by atoms with Gasteiger partial charge in [-0.3, -0.25) is 4.79 Å². The van der Waals surface area contributed by atoms with Gasteiger partial charge in [0.1, 0.15) is 12.3 Å². The molecule has 1 amide bonds. The Morgan fingerprint density at radius 1 is 1.30 bits per heavy atom. The molecule has 5 nitrogen and oxygen atoms in total. The van der Waals surface area contributed by atoms with Gasteiger partial charge in [-0.1, -0.05) is 23.8 Å². The van der Waals surface area contributed by atoms with Crippen LogP contribution >= 0.6 is 11.3 Å². The minimum absolute atomic E-state index is 0.227. The van der Waals surface area contributed by atoms with Crippen molar-refractivity contribution >= 4 is 27.5 Å². The number of nitrogens with one attached hydrogen (secondary N) is 1. The summed E-state index contributed by atoms with van der Waals surface area (Å²) in [6.45, 7) is 4.97. The summed E-state index contributed by atoms with van der Waals surface area (Å²) in [6.07, 6.45) is 2.14. The van der Waals surface area contributed by atoms with Crippen LogP contribution in [0.2, 0.25) is 0 Å². The van der Waals surface area contributed by atoms with Gasteiger partial charge in [-0.15, -0.1) is 11.3 Å². The molecule has 1 N–H and O–H groups in total. The zero-order valence-corrected chi connectivity index (χ0v) is 18.8. The highest BCUT2D eigenvalue weighted by Crippen LogP contribution is 2.32. The number of rotatable bonds is 6. The third-order valence-corrected chi connectivity index (χ3v) is 7.01. The normalized spacial score (nSPS) is 17.8. The third kappa shape index (κ3) is 4.65. The number of aromatic nitrogens is 1. The van der Waals surface area contributed by atoms with Gasteiger partial charge in [0.05, 0.1) is 29.4 Å². The van der Waals surface area contributed by atoms with Crippen molar-refractivity contribution < 1.29 is 14.4 Å². The molecule has 3 aromatic rings. The fourth-order valence-electron chi connectivity index (χ4n) is 4.27. The third-order valence-electron chi connectivity index (χ3n) is 5.81. The van der Waals surface area contributed by atoms with Gasteiger partial charge in [-0.2, -0.15) is 0 Å². The Morgan fingerprint density at radius 2 is 2.13 bits per heavy atom. The van der Waals surface area contributed by atoms with Crippen molar-refractivity contribution in [2.45, 2.75) is 32.2 Å². The predicted octanol–water partition coefficient (Wildman–Crippen LogP) is 3.03. The highest BCUT2D eigenvalue weighted by atomic mass is 32.1. The Hall–Kier alpha value is -2.44. The van der Waals surface area contributed by atoms with Crippen molar-refractivity contribution in [3.8, 4) is 5.75 Å². The van der Waals surface area contributed by atoms with Crippen LogP contribution in [0.5, 0.6) is 5.75 Å². The number of likely N-dealkylation sites (N-methyl/N-ethyl adjacent to an activating group) is 1. The summed E-state index contributed by atoms with van der Waals surface area (Å²) in [7, 11) is 3.78. The summed E-state index contributed by atoms with van der Waals surface area (Å²) in [5.41, 5.74) is 3.42. The summed E-state index contributed by atoms with van der Waals surface area (Å²) in [6, 6.07) is 14.5. The summed E-state index contributed by atoms with van der Waals surface area (Å²) in [4.78, 5) is 21.1. The maximum absolute atomic E-state index is 13.0. The molecule has 4 rings (SSSR count). The molecule has 30 heavy (non-hydrogen) atoms. The van der Waals surface area contributed by atoms with Crippen LogP contribution in [0.25, 0.3) is 10.2 Å². The van der Waals surface area contributed by atoms with Crippen LogP contribution in [-0.4, -0.2) is 49.6 Å². The van der Waals surface area contributed by atoms with Crippen LogP contribution in [0.4, 0.5) is 0 Å². The van der Waals surface area contributed by atoms with Crippen LogP contribution in [0, 0.1) is 6.92 Å². The number of methoxy groups -OCH3 is 1. The molecule has 0 aliphatic carbocycles. The van der Waals surface area contributed by atoms with E-state index in [1.165, 1.54) is 20.2 Å². The van der Waals surface area contributed by atoms with Crippen LogP contribution in [0.15, 0.2) is 42.5 Å². The molecule has 158 valence electrons. The molecule has 0 radical (unpaired) electrons. The average Bonchev–Trinajstić information content (AvgIpc) is 3.18. The van der Waals surface area contributed by atoms with E-state index < -0.39 is 0 Å². The quantitative estimate of drug-likeness (QED) is 0.662. The van der Waals surface area contributed by atoms with E-state index in [1.807, 2.05) is 17.0 Å². The first-order valence-electron chi connectivity index (χ1n) is 10.6. The predicted molar refractivity (Wildman–Crippen MR) is 121 cm³/mol. The fraction of sp³-hybridized carbons (Fsp3) is 0.417. The first kappa shape index (κ1) is 20.8. The van der Waals surface area contributed by atoms with Crippen molar-refractivity contribution in [2.24, 2.45) is 0 Å². The zero-order chi connectivity index (χ0) is 21.1. The molecule has 1 aromatic heterocycles. The van der Waals surface area contributed by atoms with Crippen molar-refractivity contribution in [2.75, 3.05) is 33.8 Å². The van der Waals surface area contributed by atoms with Crippen molar-refractivity contribution in [3.63, 3.8) is 0 Å². The zero-order valence-electron chi connectivity index (χ0n) is 18.0. The molecule has 6 heteroatoms. The largest absolute Gasteiger partial charge is 0.496 e. The van der Waals surface area contributed by atoms with E-state index in [0.29, 0.717) is 12.5 Å². The molecule has 1 fully saturated rings. The summed E-state index contributed by atoms with van der Waals surface area (Å²) < 4.78 is 6.72. The second-order valence-electron chi connectivity index (χ2n) is 8.32. The van der Waals surface area contributed by atoms with Crippen LogP contribution < -0.4 is 9.64 Å². The van der Waals surface area contributed by atoms with E-state index in [1.54, 1.807) is 18.4 Å². The second kappa shape index (κ2) is 9.14. The number of ether oxygens (including phenoxy) is 1. The number of hydrogen-bond acceptors (Lipinski definition) is 4. The molecule has 1 aliphatic heterocycles. The highest BCUT2D eigenvalue weighted by molar-refractivity contribution is 7.18. The molecule has 1 unspecified atom stereocenters. The van der Waals surface area contributed by atoms with E-state index in [0.717, 1.165) is 49.3 Å². The minimum Gasteiger partial charge on any atom is -0.496 e. The summed E-state index contributed by atoms with van der Waals surface area (Å²) in [5, 5.41) is 1.17. The number of piperidine rings is 1. The van der Waals surface area contributed by atoms with E-state index in [-0.39, 0.29) is 5.91 Å². The number of fused-ring (bicyclic) bond motifs is 1. The maximum Gasteiger partial charge on any atom is 0.277 e. The lowest BCUT2D eigenvalue weighted by Gasteiger charge is -2.32. The van der Waals surface area contributed by atoms with Gasteiger partial charge in [0.15, 0.2) is 6.54 Å². The van der Waals surface area contributed by atoms with Crippen molar-refractivity contribution in [1.29, 1.82) is 0 Å². The molecule has 1 aliphatic rings. The molecule has 0 bridgehead atoms. The van der Waals surface area contributed by atoms with Gasteiger partial charge >= 0.3 is 0 Å². The van der Waals surface area contributed by atoms with Gasteiger partial charge in [0.25, 0.3) is 5.91 Å². The number of hydrogen-bond donors (Lipinski definition) is 1. The standard InChI is InChI=1S/C24H29N3O2S/c1-17-10-11-21(29-3)19(13-17)14-26(2)16-23(28)27-12-6-7-18(15-27)24-25-20-8-4-5-9-22(20)30-24/h4-5,8-11,13,18H,6-7,12,14-16H2,1-3H3/p+1/t18-/m1/s1. The molecule has 0 spiro atoms. The molecule has 2 atom stereocenters. The summed E-state index contributed by atoms with van der Waals surface area (Å²) in [5.74, 6) is 1.46. The van der Waals surface area contributed by atoms with E-state index >= 15 is 0 Å². The number of amides is 1. The lowest BCUT2D eigenvalue weighted by atomic mass is 9.98. The van der Waals surface area contributed by atoms with E-state index in [4.69, 9.17) is 9.72 Å². The van der Waals surface area contributed by atoms with Crippen LogP contribution in [-0.2, 0) is 11.3 Å². The first-order valence-corrected chi connectivity index (χ1v) is 11.4. The average molecular weight is 425 g/mol. The minimum atomic E-state index is 0.227. The number of carbonyl (C=O) groups excluding carboxylic acids is 1. The topological polar surface area (TPSA) is 46.9 Å². The van der Waals surface area contributed by atoms with Crippen LogP contribution in [0.3, 0.4) is 0 Å². The molecule has 0 saturated carbocycles. The Kier molecular flexibility index (Phi) is 6.35. The molecular formula is C24H30N3O2S+. The number of nitrogens with zero attached hydrogens (tertiary/aromatic N) is 2. The lowest BCUT2D eigenvalue weighted by Crippen LogP contribution is -3.08. The lowest BCUT2D eigenvalue weighted by molar-refractivity contribution is -0.885. The molecular weight excluding hydrogens is 394 g/mol. The van der Waals surface area contributed by atoms with Gasteiger partial charge < -0.3 is 14.5 Å². The molecule has 2 heterocycles. The number of likely N-dealkylation sites (tertiary alicyclic amines) is 1. The van der Waals surface area contributed by atoms with Crippen molar-refractivity contribution in [3.05, 3.63) is 58.6 Å². The first-order chi connectivity index (χ1) is 14.5. The van der Waals surface area contributed by atoms with E-state index in [9.17, 15) is 4.79 Å². The fourth-order valence-corrected chi connectivity index (χ4v) is 5.37. The van der Waals surface area contributed by atoms with Gasteiger partial charge in [-0.25, -0.2) is 4.98 Å². The SMILES string of the molecule is COc1ccc(C)cc1C[NH+](C)CC(=O)N1CCC[C@@H](c2nc3ccccc3s2)C1. The second-order valence-corrected chi connectivity index (χ2v) is 9.39. The number of thiazole rings is 1. The number of carbonyl (C=O) groups is 1. The van der Waals surface area contributed by atoms with Gasteiger partial charge in [0.2, 0.25) is 0 Å². The smallest absolute Gasteiger partial charge is 0.277 e. The Bertz CT molecular complexity index is 999. The van der Waals surface area contributed by atoms with Gasteiger partial charge in [0, 0.05) is 24.6 Å². The number of quaternary nitrogens is 1. The Morgan fingerprint density at radius 3 is 2.93 bits per heavy atom. The highest BCUT2D eigenvalue weighted by Gasteiger charge is 2.28. The number of benzene rings is 2. The van der Waals surface area contributed by atoms with Gasteiger partial charge in [-0.05, 0) is 44.0 Å². The molecule has 2 aromatic carbocycles. The number of aryl methyl sites for hydroxylation is 1. The number of para-hydroxylation sites is 1. The maximum atomic E-state index is 13.0. The summed E-state index contributed by atoms with van der Waals surface area (Å²) >= 11 is 1.77. The monoisotopic (exact) mass is 424 g/mol. The van der Waals surface area contributed by atoms with Crippen LogP contribution in [0.1, 0.15) is 34.9 Å². The van der Waals surface area contributed by atoms with Crippen molar-refractivity contribution in [1.82, 2.24) is 9.88 Å². The van der Waals surface area contributed by atoms with E-state index in [2.05, 4.69) is 44.3 Å². The molecule has 1 saturated heterocycles. The Labute approximate surface area is 182 Å².